The van der Waals surface area contributed by atoms with E-state index in [1.807, 2.05) is 0 Å². The van der Waals surface area contributed by atoms with E-state index in [4.69, 9.17) is 0 Å². The van der Waals surface area contributed by atoms with Crippen LogP contribution in [0.5, 0.6) is 0 Å². The Balaban J connectivity index is 2.36. The molecule has 0 spiro atoms. The molecule has 0 aliphatic rings. The number of nitrogens with one attached hydrogen (secondary N) is 1. The maximum Gasteiger partial charge on any atom is 0.0422 e. The van der Waals surface area contributed by atoms with Gasteiger partial charge < -0.3 is 5.32 Å². The van der Waals surface area contributed by atoms with Gasteiger partial charge in [0.25, 0.3) is 0 Å². The van der Waals surface area contributed by atoms with Crippen LogP contribution in [-0.2, 0) is 16.2 Å². The summed E-state index contributed by atoms with van der Waals surface area (Å²) in [5.74, 6) is 0. The molecule has 0 aliphatic heterocycles. The first-order valence-electron chi connectivity index (χ1n) is 12.7. The summed E-state index contributed by atoms with van der Waals surface area (Å²) in [5, 5.41) is 3.73. The highest BCUT2D eigenvalue weighted by molar-refractivity contribution is 5.66. The molecule has 0 aromatic heterocycles. The van der Waals surface area contributed by atoms with E-state index < -0.39 is 0 Å². The number of hydrogen-bond donors (Lipinski definition) is 1. The Labute approximate surface area is 205 Å². The standard InChI is InChI=1S/C32H51N/c1-28(2,3)21-31(10,11)23-14-17-25(18-15-23)33-27-19-16-24(20-26(27)30(7,8)9)32(12,13)22-29(4,5)6/h14-20,33H,21-22H2,1-13H3. The Bertz CT molecular complexity index is 922. The fraction of sp³-hybridized carbons (Fsp3) is 0.625. The molecule has 0 amide bonds. The molecule has 0 saturated heterocycles. The van der Waals surface area contributed by atoms with Gasteiger partial charge >= 0.3 is 0 Å². The molecule has 184 valence electrons. The average Bonchev–Trinajstić information content (AvgIpc) is 2.57. The highest BCUT2D eigenvalue weighted by Crippen LogP contribution is 2.41. The van der Waals surface area contributed by atoms with Gasteiger partial charge in [-0.2, -0.15) is 0 Å². The van der Waals surface area contributed by atoms with Crippen molar-refractivity contribution in [2.75, 3.05) is 5.32 Å². The maximum absolute atomic E-state index is 3.73. The van der Waals surface area contributed by atoms with Crippen LogP contribution in [0.4, 0.5) is 11.4 Å². The zero-order chi connectivity index (χ0) is 25.5. The molecule has 1 N–H and O–H groups in total. The quantitative estimate of drug-likeness (QED) is 0.462. The molecule has 0 radical (unpaired) electrons. The number of anilines is 2. The molecule has 1 heteroatoms. The van der Waals surface area contributed by atoms with Crippen LogP contribution in [0.2, 0.25) is 0 Å². The molecular weight excluding hydrogens is 398 g/mol. The second kappa shape index (κ2) is 9.12. The highest BCUT2D eigenvalue weighted by Gasteiger charge is 2.30. The van der Waals surface area contributed by atoms with Gasteiger partial charge in [0.2, 0.25) is 0 Å². The van der Waals surface area contributed by atoms with Crippen LogP contribution in [-0.4, -0.2) is 0 Å². The molecule has 2 aromatic carbocycles. The minimum Gasteiger partial charge on any atom is -0.355 e. The van der Waals surface area contributed by atoms with E-state index in [1.54, 1.807) is 0 Å². The van der Waals surface area contributed by atoms with Crippen molar-refractivity contribution < 1.29 is 0 Å². The van der Waals surface area contributed by atoms with Gasteiger partial charge in [0.15, 0.2) is 0 Å². The lowest BCUT2D eigenvalue weighted by Crippen LogP contribution is -2.26. The molecule has 0 bridgehead atoms. The summed E-state index contributed by atoms with van der Waals surface area (Å²) >= 11 is 0. The Kier molecular flexibility index (Phi) is 7.60. The second-order valence-electron chi connectivity index (χ2n) is 15.0. The zero-order valence-electron chi connectivity index (χ0n) is 24.0. The Morgan fingerprint density at radius 2 is 0.970 bits per heavy atom. The predicted molar refractivity (Wildman–Crippen MR) is 149 cm³/mol. The number of hydrogen-bond acceptors (Lipinski definition) is 1. The predicted octanol–water partition coefficient (Wildman–Crippen LogP) is 10.2. The molecule has 2 aromatic rings. The summed E-state index contributed by atoms with van der Waals surface area (Å²) in [6.07, 6.45) is 2.31. The van der Waals surface area contributed by atoms with Gasteiger partial charge in [-0.05, 0) is 74.8 Å². The van der Waals surface area contributed by atoms with Crippen molar-refractivity contribution in [2.45, 2.75) is 119 Å². The fourth-order valence-corrected chi connectivity index (χ4v) is 5.71. The van der Waals surface area contributed by atoms with Crippen molar-refractivity contribution in [1.29, 1.82) is 0 Å². The van der Waals surface area contributed by atoms with Crippen molar-refractivity contribution in [1.82, 2.24) is 0 Å². The lowest BCUT2D eigenvalue weighted by atomic mass is 9.71. The molecule has 0 atom stereocenters. The van der Waals surface area contributed by atoms with Gasteiger partial charge in [0, 0.05) is 11.4 Å². The minimum absolute atomic E-state index is 0.0603. The van der Waals surface area contributed by atoms with Crippen molar-refractivity contribution in [3.8, 4) is 0 Å². The van der Waals surface area contributed by atoms with Gasteiger partial charge in [-0.25, -0.2) is 0 Å². The molecule has 33 heavy (non-hydrogen) atoms. The molecule has 0 heterocycles. The van der Waals surface area contributed by atoms with Crippen LogP contribution in [0.3, 0.4) is 0 Å². The first-order valence-corrected chi connectivity index (χ1v) is 12.7. The lowest BCUT2D eigenvalue weighted by Gasteiger charge is -2.35. The largest absolute Gasteiger partial charge is 0.355 e. The first-order chi connectivity index (χ1) is 14.7. The molecule has 0 saturated carbocycles. The van der Waals surface area contributed by atoms with Crippen molar-refractivity contribution >= 4 is 11.4 Å². The second-order valence-corrected chi connectivity index (χ2v) is 15.0. The third-order valence-electron chi connectivity index (χ3n) is 6.50. The summed E-state index contributed by atoms with van der Waals surface area (Å²) in [5.41, 5.74) is 7.52. The molecule has 0 aliphatic carbocycles. The third kappa shape index (κ3) is 7.90. The minimum atomic E-state index is 0.0603. The van der Waals surface area contributed by atoms with Gasteiger partial charge in [-0.15, -0.1) is 0 Å². The first kappa shape index (κ1) is 27.5. The molecular formula is C32H51N. The van der Waals surface area contributed by atoms with Gasteiger partial charge in [-0.1, -0.05) is 114 Å². The summed E-state index contributed by atoms with van der Waals surface area (Å²) in [6.45, 7) is 30.4. The van der Waals surface area contributed by atoms with Crippen LogP contribution < -0.4 is 5.32 Å². The molecule has 1 nitrogen and oxygen atoms in total. The summed E-state index contributed by atoms with van der Waals surface area (Å²) < 4.78 is 0. The van der Waals surface area contributed by atoms with E-state index in [-0.39, 0.29) is 16.2 Å². The van der Waals surface area contributed by atoms with Crippen LogP contribution in [0.15, 0.2) is 42.5 Å². The third-order valence-corrected chi connectivity index (χ3v) is 6.50. The lowest BCUT2D eigenvalue weighted by molar-refractivity contribution is 0.283. The monoisotopic (exact) mass is 449 g/mol. The SMILES string of the molecule is CC(C)(C)CC(C)(C)c1ccc(Nc2ccc(C(C)(C)CC(C)(C)C)cc2C(C)(C)C)cc1. The van der Waals surface area contributed by atoms with Gasteiger partial charge in [-0.3, -0.25) is 0 Å². The highest BCUT2D eigenvalue weighted by atomic mass is 14.9. The van der Waals surface area contributed by atoms with E-state index >= 15 is 0 Å². The number of benzene rings is 2. The summed E-state index contributed by atoms with van der Waals surface area (Å²) in [4.78, 5) is 0. The maximum atomic E-state index is 3.73. The van der Waals surface area contributed by atoms with E-state index in [1.165, 1.54) is 22.4 Å². The van der Waals surface area contributed by atoms with Crippen LogP contribution in [0.25, 0.3) is 0 Å². The smallest absolute Gasteiger partial charge is 0.0422 e. The summed E-state index contributed by atoms with van der Waals surface area (Å²) in [7, 11) is 0. The van der Waals surface area contributed by atoms with Crippen molar-refractivity contribution in [3.05, 3.63) is 59.2 Å². The fourth-order valence-electron chi connectivity index (χ4n) is 5.71. The van der Waals surface area contributed by atoms with E-state index in [0.717, 1.165) is 18.5 Å². The van der Waals surface area contributed by atoms with Crippen LogP contribution in [0.1, 0.15) is 120 Å². The zero-order valence-corrected chi connectivity index (χ0v) is 24.0. The topological polar surface area (TPSA) is 12.0 Å². The molecule has 0 fully saturated rings. The Hall–Kier alpha value is -1.76. The molecule has 2 rings (SSSR count). The molecule has 0 unspecified atom stereocenters. The normalized spacial score (nSPS) is 13.8. The number of rotatable bonds is 6. The van der Waals surface area contributed by atoms with Crippen molar-refractivity contribution in [2.24, 2.45) is 10.8 Å². The summed E-state index contributed by atoms with van der Waals surface area (Å²) in [6, 6.07) is 16.1. The van der Waals surface area contributed by atoms with E-state index in [2.05, 4.69) is 138 Å². The van der Waals surface area contributed by atoms with Crippen LogP contribution in [0, 0.1) is 10.8 Å². The van der Waals surface area contributed by atoms with Crippen LogP contribution >= 0.6 is 0 Å². The van der Waals surface area contributed by atoms with E-state index in [9.17, 15) is 0 Å². The van der Waals surface area contributed by atoms with Gasteiger partial charge in [0.05, 0.1) is 0 Å². The van der Waals surface area contributed by atoms with Crippen molar-refractivity contribution in [3.63, 3.8) is 0 Å². The Morgan fingerprint density at radius 1 is 0.545 bits per heavy atom. The average molecular weight is 450 g/mol. The van der Waals surface area contributed by atoms with E-state index in [0.29, 0.717) is 10.8 Å². The Morgan fingerprint density at radius 3 is 1.39 bits per heavy atom. The van der Waals surface area contributed by atoms with Gasteiger partial charge in [0.1, 0.15) is 0 Å².